The van der Waals surface area contributed by atoms with E-state index >= 15 is 0 Å². The van der Waals surface area contributed by atoms with E-state index in [0.29, 0.717) is 30.0 Å². The number of ether oxygens (including phenoxy) is 4. The van der Waals surface area contributed by atoms with Crippen LogP contribution in [0.2, 0.25) is 0 Å². The highest BCUT2D eigenvalue weighted by atomic mass is 16.5. The second-order valence-corrected chi connectivity index (χ2v) is 4.59. The van der Waals surface area contributed by atoms with E-state index in [0.717, 1.165) is 0 Å². The number of aliphatic hydroxyl groups excluding tert-OH is 1. The molecule has 0 saturated carbocycles. The quantitative estimate of drug-likeness (QED) is 0.656. The highest BCUT2D eigenvalue weighted by Gasteiger charge is 2.11. The molecule has 0 heterocycles. The summed E-state index contributed by atoms with van der Waals surface area (Å²) in [6.45, 7) is 2.48. The van der Waals surface area contributed by atoms with Gasteiger partial charge in [0.2, 0.25) is 0 Å². The van der Waals surface area contributed by atoms with Crippen LogP contribution < -0.4 is 9.47 Å². The first-order chi connectivity index (χ1) is 10.1. The molecule has 1 aromatic rings. The van der Waals surface area contributed by atoms with Gasteiger partial charge in [0.1, 0.15) is 24.2 Å². The molecule has 118 valence electrons. The Balaban J connectivity index is 2.45. The van der Waals surface area contributed by atoms with Crippen LogP contribution in [0.5, 0.6) is 11.5 Å². The topological polar surface area (TPSA) is 74.2 Å². The average Bonchev–Trinajstić information content (AvgIpc) is 2.51. The Labute approximate surface area is 124 Å². The van der Waals surface area contributed by atoms with Crippen LogP contribution in [0, 0.1) is 0 Å². The smallest absolute Gasteiger partial charge is 0.153 e. The zero-order valence-electron chi connectivity index (χ0n) is 12.6. The van der Waals surface area contributed by atoms with Gasteiger partial charge >= 0.3 is 0 Å². The predicted octanol–water partition coefficient (Wildman–Crippen LogP) is 1.30. The first-order valence-electron chi connectivity index (χ1n) is 6.65. The van der Waals surface area contributed by atoms with Gasteiger partial charge in [-0.1, -0.05) is 0 Å². The lowest BCUT2D eigenvalue weighted by Crippen LogP contribution is -2.27. The lowest BCUT2D eigenvalue weighted by molar-refractivity contribution is -0.0423. The fourth-order valence-corrected chi connectivity index (χ4v) is 1.67. The van der Waals surface area contributed by atoms with E-state index < -0.39 is 6.10 Å². The Morgan fingerprint density at radius 2 is 2.00 bits per heavy atom. The summed E-state index contributed by atoms with van der Waals surface area (Å²) < 4.78 is 20.8. The molecule has 0 aliphatic heterocycles. The summed E-state index contributed by atoms with van der Waals surface area (Å²) in [4.78, 5) is 11.0. The number of rotatable bonds is 10. The number of methoxy groups -OCH3 is 2. The van der Waals surface area contributed by atoms with E-state index in [1.807, 2.05) is 6.92 Å². The van der Waals surface area contributed by atoms with Crippen LogP contribution in [0.1, 0.15) is 17.3 Å². The molecular weight excluding hydrogens is 276 g/mol. The van der Waals surface area contributed by atoms with Gasteiger partial charge in [0.05, 0.1) is 32.0 Å². The van der Waals surface area contributed by atoms with Crippen molar-refractivity contribution in [2.24, 2.45) is 0 Å². The molecule has 0 saturated heterocycles. The Morgan fingerprint density at radius 3 is 2.62 bits per heavy atom. The number of hydrogen-bond donors (Lipinski definition) is 1. The maximum Gasteiger partial charge on any atom is 0.153 e. The maximum atomic E-state index is 11.0. The van der Waals surface area contributed by atoms with Crippen LogP contribution in [-0.2, 0) is 9.47 Å². The minimum atomic E-state index is -0.786. The third-order valence-electron chi connectivity index (χ3n) is 2.75. The van der Waals surface area contributed by atoms with E-state index in [9.17, 15) is 9.90 Å². The van der Waals surface area contributed by atoms with Crippen molar-refractivity contribution in [3.05, 3.63) is 23.8 Å². The molecule has 2 unspecified atom stereocenters. The SMILES string of the molecule is COCC(C)OCC(O)COc1ccc(OC)cc1C=O. The van der Waals surface area contributed by atoms with E-state index in [1.54, 1.807) is 25.3 Å². The largest absolute Gasteiger partial charge is 0.497 e. The van der Waals surface area contributed by atoms with Crippen LogP contribution in [0.3, 0.4) is 0 Å². The van der Waals surface area contributed by atoms with Gasteiger partial charge in [0.25, 0.3) is 0 Å². The van der Waals surface area contributed by atoms with Crippen molar-refractivity contribution in [3.8, 4) is 11.5 Å². The molecule has 0 aromatic heterocycles. The molecular formula is C15H22O6. The molecule has 0 amide bonds. The Bertz CT molecular complexity index is 434. The van der Waals surface area contributed by atoms with Crippen LogP contribution >= 0.6 is 0 Å². The van der Waals surface area contributed by atoms with Crippen molar-refractivity contribution in [1.29, 1.82) is 0 Å². The molecule has 6 heteroatoms. The van der Waals surface area contributed by atoms with E-state index in [-0.39, 0.29) is 19.3 Å². The number of carbonyl (C=O) groups excluding carboxylic acids is 1. The number of carbonyl (C=O) groups is 1. The van der Waals surface area contributed by atoms with Gasteiger partial charge in [-0.15, -0.1) is 0 Å². The minimum Gasteiger partial charge on any atom is -0.497 e. The van der Waals surface area contributed by atoms with Gasteiger partial charge in [0, 0.05) is 7.11 Å². The van der Waals surface area contributed by atoms with Crippen molar-refractivity contribution < 1.29 is 28.8 Å². The zero-order valence-corrected chi connectivity index (χ0v) is 12.6. The molecule has 1 rings (SSSR count). The summed E-state index contributed by atoms with van der Waals surface area (Å²) in [7, 11) is 3.11. The fourth-order valence-electron chi connectivity index (χ4n) is 1.67. The lowest BCUT2D eigenvalue weighted by Gasteiger charge is -2.17. The second-order valence-electron chi connectivity index (χ2n) is 4.59. The van der Waals surface area contributed by atoms with Crippen molar-refractivity contribution >= 4 is 6.29 Å². The molecule has 0 fully saturated rings. The molecule has 1 aromatic carbocycles. The third kappa shape index (κ3) is 6.12. The Kier molecular flexibility index (Phi) is 7.74. The van der Waals surface area contributed by atoms with Gasteiger partial charge in [-0.25, -0.2) is 0 Å². The van der Waals surface area contributed by atoms with Gasteiger partial charge < -0.3 is 24.1 Å². The average molecular weight is 298 g/mol. The molecule has 0 radical (unpaired) electrons. The van der Waals surface area contributed by atoms with E-state index in [1.165, 1.54) is 7.11 Å². The second kappa shape index (κ2) is 9.33. The zero-order chi connectivity index (χ0) is 15.7. The van der Waals surface area contributed by atoms with Gasteiger partial charge in [-0.05, 0) is 25.1 Å². The fraction of sp³-hybridized carbons (Fsp3) is 0.533. The summed E-state index contributed by atoms with van der Waals surface area (Å²) >= 11 is 0. The van der Waals surface area contributed by atoms with Crippen molar-refractivity contribution in [1.82, 2.24) is 0 Å². The van der Waals surface area contributed by atoms with Crippen LogP contribution in [0.15, 0.2) is 18.2 Å². The summed E-state index contributed by atoms with van der Waals surface area (Å²) in [5.74, 6) is 0.969. The molecule has 6 nitrogen and oxygen atoms in total. The number of aldehydes is 1. The van der Waals surface area contributed by atoms with Crippen molar-refractivity contribution in [3.63, 3.8) is 0 Å². The van der Waals surface area contributed by atoms with E-state index in [2.05, 4.69) is 0 Å². The van der Waals surface area contributed by atoms with Gasteiger partial charge in [-0.3, -0.25) is 4.79 Å². The molecule has 2 atom stereocenters. The highest BCUT2D eigenvalue weighted by Crippen LogP contribution is 2.22. The normalized spacial score (nSPS) is 13.5. The Hall–Kier alpha value is -1.63. The standard InChI is InChI=1S/C15H22O6/c1-11(8-18-2)20-9-13(17)10-21-15-5-4-14(19-3)6-12(15)7-16/h4-7,11,13,17H,8-10H2,1-3H3. The van der Waals surface area contributed by atoms with Crippen LogP contribution in [-0.4, -0.2) is 57.6 Å². The first kappa shape index (κ1) is 17.4. The Morgan fingerprint density at radius 1 is 1.24 bits per heavy atom. The summed E-state index contributed by atoms with van der Waals surface area (Å²) in [6.07, 6.45) is -0.205. The monoisotopic (exact) mass is 298 g/mol. The summed E-state index contributed by atoms with van der Waals surface area (Å²) in [5.41, 5.74) is 0.371. The number of benzene rings is 1. The van der Waals surface area contributed by atoms with Gasteiger partial charge in [0.15, 0.2) is 6.29 Å². The minimum absolute atomic E-state index is 0.0346. The number of aliphatic hydroxyl groups is 1. The molecule has 0 spiro atoms. The summed E-state index contributed by atoms with van der Waals surface area (Å²) in [6, 6.07) is 4.89. The molecule has 21 heavy (non-hydrogen) atoms. The third-order valence-corrected chi connectivity index (χ3v) is 2.75. The predicted molar refractivity (Wildman–Crippen MR) is 77.2 cm³/mol. The summed E-state index contributed by atoms with van der Waals surface area (Å²) in [5, 5.41) is 9.79. The highest BCUT2D eigenvalue weighted by molar-refractivity contribution is 5.80. The molecule has 0 aliphatic carbocycles. The molecule has 0 aliphatic rings. The first-order valence-corrected chi connectivity index (χ1v) is 6.65. The van der Waals surface area contributed by atoms with Crippen LogP contribution in [0.25, 0.3) is 0 Å². The molecule has 0 bridgehead atoms. The molecule has 1 N–H and O–H groups in total. The number of hydrogen-bond acceptors (Lipinski definition) is 6. The lowest BCUT2D eigenvalue weighted by atomic mass is 10.2. The maximum absolute atomic E-state index is 11.0. The van der Waals surface area contributed by atoms with Crippen molar-refractivity contribution in [2.75, 3.05) is 34.0 Å². The van der Waals surface area contributed by atoms with Crippen LogP contribution in [0.4, 0.5) is 0 Å². The van der Waals surface area contributed by atoms with E-state index in [4.69, 9.17) is 18.9 Å². The van der Waals surface area contributed by atoms with Crippen molar-refractivity contribution in [2.45, 2.75) is 19.1 Å². The van der Waals surface area contributed by atoms with Gasteiger partial charge in [-0.2, -0.15) is 0 Å².